The second-order valence-corrected chi connectivity index (χ2v) is 16.1. The number of alkyl halides is 1. The number of ketones is 1. The summed E-state index contributed by atoms with van der Waals surface area (Å²) in [7, 11) is 1.34. The Morgan fingerprint density at radius 1 is 0.839 bits per heavy atom. The molecule has 8 N–H and O–H groups in total. The lowest BCUT2D eigenvalue weighted by molar-refractivity contribution is -0.338. The second kappa shape index (κ2) is 22.9. The van der Waals surface area contributed by atoms with Crippen molar-refractivity contribution in [3.8, 4) is 0 Å². The third-order valence-corrected chi connectivity index (χ3v) is 11.3. The lowest BCUT2D eigenvalue weighted by Crippen LogP contribution is -2.65. The molecule has 0 aromatic carbocycles. The minimum atomic E-state index is -1.86. The number of nitrogens with zero attached hydrogens (tertiary/aromatic N) is 1. The van der Waals surface area contributed by atoms with E-state index in [9.17, 15) is 45.0 Å². The number of rotatable bonds is 16. The molecule has 5 aliphatic heterocycles. The predicted molar refractivity (Wildman–Crippen MR) is 221 cm³/mol. The summed E-state index contributed by atoms with van der Waals surface area (Å²) in [4.78, 5) is 40.4. The van der Waals surface area contributed by atoms with Gasteiger partial charge in [0.05, 0.1) is 43.3 Å². The van der Waals surface area contributed by atoms with Crippen molar-refractivity contribution in [2.24, 2.45) is 5.73 Å². The summed E-state index contributed by atoms with van der Waals surface area (Å²) in [6.07, 6.45) is 4.23. The van der Waals surface area contributed by atoms with Gasteiger partial charge in [-0.15, -0.1) is 11.6 Å². The summed E-state index contributed by atoms with van der Waals surface area (Å²) < 4.78 is 39.5. The van der Waals surface area contributed by atoms with Gasteiger partial charge in [-0.2, -0.15) is 0 Å². The van der Waals surface area contributed by atoms with Crippen LogP contribution in [-0.4, -0.2) is 171 Å². The number of carbonyl (C=O) groups is 3. The van der Waals surface area contributed by atoms with Gasteiger partial charge in [0.2, 0.25) is 5.91 Å². The normalized spacial score (nSPS) is 39.7. The highest BCUT2D eigenvalue weighted by atomic mass is 35.5. The van der Waals surface area contributed by atoms with Crippen molar-refractivity contribution in [3.63, 3.8) is 0 Å². The number of carbonyl (C=O) groups excluding carboxylic acids is 3. The number of amides is 2. The maximum absolute atomic E-state index is 13.9. The van der Waals surface area contributed by atoms with Crippen LogP contribution in [0.15, 0.2) is 95.4 Å². The van der Waals surface area contributed by atoms with E-state index in [1.54, 1.807) is 55.5 Å². The van der Waals surface area contributed by atoms with Crippen molar-refractivity contribution in [1.82, 2.24) is 4.90 Å². The van der Waals surface area contributed by atoms with Crippen molar-refractivity contribution in [2.45, 2.75) is 124 Å². The summed E-state index contributed by atoms with van der Waals surface area (Å²) in [6, 6.07) is -1.63. The van der Waals surface area contributed by atoms with Crippen LogP contribution < -0.4 is 5.73 Å². The molecule has 0 saturated carbocycles. The quantitative estimate of drug-likeness (QED) is 0.0370. The van der Waals surface area contributed by atoms with E-state index in [2.05, 4.69) is 0 Å². The minimum absolute atomic E-state index is 0.0647. The summed E-state index contributed by atoms with van der Waals surface area (Å²) in [5.74, 6) is -3.84. The Bertz CT molecular complexity index is 1830. The van der Waals surface area contributed by atoms with E-state index in [1.807, 2.05) is 19.1 Å². The van der Waals surface area contributed by atoms with Crippen LogP contribution in [-0.2, 0) is 47.5 Å². The average Bonchev–Trinajstić information content (AvgIpc) is 3.79. The molecule has 0 aliphatic carbocycles. The van der Waals surface area contributed by atoms with Gasteiger partial charge in [-0.1, -0.05) is 72.4 Å². The molecular weight excluding hydrogens is 859 g/mol. The average molecular weight is 914 g/mol. The van der Waals surface area contributed by atoms with Crippen LogP contribution in [0, 0.1) is 0 Å². The highest BCUT2D eigenvalue weighted by Crippen LogP contribution is 2.35. The number of methoxy groups -OCH3 is 1. The number of aliphatic hydroxyl groups is 6. The van der Waals surface area contributed by atoms with E-state index in [0.29, 0.717) is 5.03 Å². The Kier molecular flexibility index (Phi) is 18.2. The van der Waals surface area contributed by atoms with Crippen LogP contribution in [0.2, 0.25) is 0 Å². The number of aliphatic hydroxyl groups excluding tert-OH is 6. The van der Waals surface area contributed by atoms with Gasteiger partial charge in [-0.05, 0) is 38.5 Å². The van der Waals surface area contributed by atoms with Crippen molar-refractivity contribution >= 4 is 40.8 Å². The van der Waals surface area contributed by atoms with Crippen LogP contribution in [0.3, 0.4) is 0 Å². The predicted octanol–water partition coefficient (Wildman–Crippen LogP) is 0.746. The lowest BCUT2D eigenvalue weighted by Gasteiger charge is -2.46. The van der Waals surface area contributed by atoms with Gasteiger partial charge in [0.25, 0.3) is 5.91 Å². The fraction of sp³-hybridized carbons (Fsp3) is 0.548. The molecule has 62 heavy (non-hydrogen) atoms. The molecular formula is C42H54Cl2N2O16. The number of nitrogens with two attached hydrogens (primary N) is 1. The fourth-order valence-electron chi connectivity index (χ4n) is 7.34. The van der Waals surface area contributed by atoms with Crippen LogP contribution in [0.1, 0.15) is 26.7 Å². The van der Waals surface area contributed by atoms with Crippen LogP contribution in [0.5, 0.6) is 0 Å². The summed E-state index contributed by atoms with van der Waals surface area (Å²) >= 11 is 12.5. The number of primary amides is 1. The molecule has 16 atom stereocenters. The van der Waals surface area contributed by atoms with Crippen LogP contribution in [0.25, 0.3) is 0 Å². The SMILES string of the molecule is CO[C@@H]1[C@H](O[C@@H]2CO[C@@H](O[C@@H]3[C@@H](O)[C@H](O)CO[C@H]3N3C(=O)/C(=C(O)/C=C/C=C/C=C/C=C/C=C(Cl)/C=C/C=C\[C@@H]4O[C@H](C)C[C@@H]4Cl)C(=O)[C@@H]3CC(N)=O)[C@@H](O)[C@@H]2O)O[C@H](C)[C@H]1O. The first kappa shape index (κ1) is 49.4. The van der Waals surface area contributed by atoms with Gasteiger partial charge in [0.15, 0.2) is 24.6 Å². The third-order valence-electron chi connectivity index (χ3n) is 10.6. The van der Waals surface area contributed by atoms with Crippen LogP contribution >= 0.6 is 23.2 Å². The number of halogens is 2. The maximum Gasteiger partial charge on any atom is 0.264 e. The van der Waals surface area contributed by atoms with E-state index in [-0.39, 0.29) is 17.6 Å². The topological polar surface area (TPSA) is 266 Å². The van der Waals surface area contributed by atoms with Gasteiger partial charge in [-0.3, -0.25) is 19.3 Å². The zero-order chi connectivity index (χ0) is 45.2. The van der Waals surface area contributed by atoms with E-state index >= 15 is 0 Å². The molecule has 20 heteroatoms. The van der Waals surface area contributed by atoms with E-state index in [0.717, 1.165) is 17.4 Å². The monoisotopic (exact) mass is 912 g/mol. The smallest absolute Gasteiger partial charge is 0.264 e. The largest absolute Gasteiger partial charge is 0.507 e. The van der Waals surface area contributed by atoms with Crippen molar-refractivity contribution in [2.75, 3.05) is 20.3 Å². The minimum Gasteiger partial charge on any atom is -0.507 e. The van der Waals surface area contributed by atoms with Crippen molar-refractivity contribution in [3.05, 3.63) is 95.4 Å². The number of likely N-dealkylation sites (tertiary alicyclic amines) is 1. The molecule has 5 fully saturated rings. The van der Waals surface area contributed by atoms with E-state index < -0.39 is 128 Å². The second-order valence-electron chi connectivity index (χ2n) is 15.1. The molecule has 0 spiro atoms. The van der Waals surface area contributed by atoms with Gasteiger partial charge < -0.3 is 69.5 Å². The zero-order valence-corrected chi connectivity index (χ0v) is 35.6. The first-order valence-corrected chi connectivity index (χ1v) is 20.7. The summed E-state index contributed by atoms with van der Waals surface area (Å²) in [5.41, 5.74) is 4.72. The molecule has 0 unspecified atom stereocenters. The standard InChI is InChI=1S/C42H54Cl2N2O16/c1-21-17-24(44)28(59-21)16-12-11-14-23(43)13-9-7-5-4-6-8-10-15-26(47)31-33(51)25(18-30(45)49)46(39(31)55)40-37(34(52)27(48)19-57-40)62-41-36(54)35(53)29(20-58-41)61-42-38(56-3)32(50)22(2)60-42/h4-16,21-22,24-25,27-29,32,34-38,40-42,47-48,50,52-54H,17-20H2,1-3H3,(H2,45,49)/b5-4+,8-6+,9-7+,14-11+,15-10+,16-12-,23-13-,31-26-/t21-,22-,24+,25+,27-,28+,29-,32-,34+,35-,36+,37-,38+,40-,41+,42+/m1/s1. The van der Waals surface area contributed by atoms with Gasteiger partial charge in [-0.25, -0.2) is 0 Å². The molecule has 0 aromatic rings. The Morgan fingerprint density at radius 3 is 2.18 bits per heavy atom. The van der Waals surface area contributed by atoms with Crippen molar-refractivity contribution < 1.29 is 78.2 Å². The molecule has 342 valence electrons. The molecule has 18 nitrogen and oxygen atoms in total. The molecule has 2 amide bonds. The molecule has 5 saturated heterocycles. The fourth-order valence-corrected chi connectivity index (χ4v) is 7.88. The van der Waals surface area contributed by atoms with Crippen LogP contribution in [0.4, 0.5) is 0 Å². The Morgan fingerprint density at radius 2 is 1.52 bits per heavy atom. The molecule has 0 radical (unpaired) electrons. The lowest BCUT2D eigenvalue weighted by atomic mass is 10.0. The zero-order valence-electron chi connectivity index (χ0n) is 34.1. The summed E-state index contributed by atoms with van der Waals surface area (Å²) in [5, 5.41) is 65.2. The maximum atomic E-state index is 13.9. The number of hydrogen-bond donors (Lipinski definition) is 7. The van der Waals surface area contributed by atoms with Gasteiger partial charge in [0.1, 0.15) is 66.2 Å². The number of Topliss-reactive ketones (excluding diaryl/α,β-unsaturated/α-hetero) is 1. The first-order valence-electron chi connectivity index (χ1n) is 19.9. The Hall–Kier alpha value is -3.57. The Balaban J connectivity index is 1.22. The van der Waals surface area contributed by atoms with E-state index in [1.165, 1.54) is 19.3 Å². The number of ether oxygens (including phenoxy) is 7. The van der Waals surface area contributed by atoms with E-state index in [4.69, 9.17) is 62.1 Å². The molecule has 0 aromatic heterocycles. The van der Waals surface area contributed by atoms with Crippen molar-refractivity contribution in [1.29, 1.82) is 0 Å². The Labute approximate surface area is 368 Å². The number of allylic oxidation sites excluding steroid dienone is 13. The molecule has 5 heterocycles. The molecule has 0 bridgehead atoms. The highest BCUT2D eigenvalue weighted by molar-refractivity contribution is 6.31. The van der Waals surface area contributed by atoms with Gasteiger partial charge >= 0.3 is 0 Å². The first-order chi connectivity index (χ1) is 29.5. The molecule has 5 aliphatic rings. The number of hydrogen-bond acceptors (Lipinski definition) is 16. The highest BCUT2D eigenvalue weighted by Gasteiger charge is 2.56. The molecule has 5 rings (SSSR count). The van der Waals surface area contributed by atoms with Gasteiger partial charge in [0, 0.05) is 12.1 Å². The third kappa shape index (κ3) is 12.2. The summed E-state index contributed by atoms with van der Waals surface area (Å²) in [6.45, 7) is 2.61.